The molecular weight excluding hydrogens is 439 g/mol. The maximum atomic E-state index is 13.6. The van der Waals surface area contributed by atoms with Gasteiger partial charge in [-0.1, -0.05) is 36.0 Å². The van der Waals surface area contributed by atoms with E-state index in [1.165, 1.54) is 23.9 Å². The maximum absolute atomic E-state index is 13.6. The number of halogens is 1. The highest BCUT2D eigenvalue weighted by Crippen LogP contribution is 2.44. The minimum Gasteiger partial charge on any atom is -0.487 e. The van der Waals surface area contributed by atoms with E-state index in [4.69, 9.17) is 4.74 Å². The molecule has 1 atom stereocenters. The van der Waals surface area contributed by atoms with Crippen LogP contribution in [0.15, 0.2) is 66.1 Å². The smallest absolute Gasteiger partial charge is 0.230 e. The summed E-state index contributed by atoms with van der Waals surface area (Å²) in [6.07, 6.45) is 6.09. The standard InChI is InChI=1S/C25H27FN4O2S/c1-29-12-9-25(10-13-29)16-21(20-7-2-3-8-22(20)32-25)28-23(31)17-33-24-27-11-14-30(24)19-6-4-5-18(26)15-19/h2-8,11,14-15,21H,9-10,12-13,16-17H2,1H3,(H,28,31)/t21-/m0/s1. The zero-order chi connectivity index (χ0) is 22.8. The van der Waals surface area contributed by atoms with Crippen LogP contribution in [0.3, 0.4) is 0 Å². The predicted molar refractivity (Wildman–Crippen MR) is 126 cm³/mol. The zero-order valence-electron chi connectivity index (χ0n) is 18.5. The largest absolute Gasteiger partial charge is 0.487 e. The molecule has 1 aromatic heterocycles. The number of benzene rings is 2. The lowest BCUT2D eigenvalue weighted by Gasteiger charge is -2.46. The van der Waals surface area contributed by atoms with Gasteiger partial charge in [-0.25, -0.2) is 9.37 Å². The molecule has 3 aromatic rings. The summed E-state index contributed by atoms with van der Waals surface area (Å²) in [5.74, 6) is 0.726. The van der Waals surface area contributed by atoms with Gasteiger partial charge in [-0.3, -0.25) is 9.36 Å². The van der Waals surface area contributed by atoms with Crippen molar-refractivity contribution in [3.8, 4) is 11.4 Å². The summed E-state index contributed by atoms with van der Waals surface area (Å²) in [5.41, 5.74) is 1.47. The van der Waals surface area contributed by atoms with E-state index in [2.05, 4.69) is 22.2 Å². The summed E-state index contributed by atoms with van der Waals surface area (Å²) in [7, 11) is 2.13. The minimum absolute atomic E-state index is 0.0569. The number of rotatable bonds is 5. The number of likely N-dealkylation sites (tertiary alicyclic amines) is 1. The van der Waals surface area contributed by atoms with Gasteiger partial charge in [0, 0.05) is 37.5 Å². The van der Waals surface area contributed by atoms with Crippen LogP contribution < -0.4 is 10.1 Å². The Labute approximate surface area is 197 Å². The summed E-state index contributed by atoms with van der Waals surface area (Å²) >= 11 is 1.34. The number of nitrogens with zero attached hydrogens (tertiary/aromatic N) is 3. The lowest BCUT2D eigenvalue weighted by Crippen LogP contribution is -2.51. The highest BCUT2D eigenvalue weighted by atomic mass is 32.2. The molecule has 172 valence electrons. The van der Waals surface area contributed by atoms with Crippen molar-refractivity contribution in [2.75, 3.05) is 25.9 Å². The molecule has 5 rings (SSSR count). The van der Waals surface area contributed by atoms with Crippen LogP contribution in [0.4, 0.5) is 4.39 Å². The van der Waals surface area contributed by atoms with Crippen molar-refractivity contribution in [1.82, 2.24) is 19.8 Å². The molecular formula is C25H27FN4O2S. The molecule has 2 aliphatic rings. The highest BCUT2D eigenvalue weighted by Gasteiger charge is 2.43. The summed E-state index contributed by atoms with van der Waals surface area (Å²) in [6, 6.07) is 14.2. The Hall–Kier alpha value is -2.84. The average Bonchev–Trinajstić information content (AvgIpc) is 3.29. The zero-order valence-corrected chi connectivity index (χ0v) is 19.4. The van der Waals surface area contributed by atoms with Crippen molar-refractivity contribution >= 4 is 17.7 Å². The Morgan fingerprint density at radius 3 is 2.88 bits per heavy atom. The van der Waals surface area contributed by atoms with E-state index >= 15 is 0 Å². The maximum Gasteiger partial charge on any atom is 0.230 e. The van der Waals surface area contributed by atoms with E-state index in [9.17, 15) is 9.18 Å². The Kier molecular flexibility index (Phi) is 6.12. The molecule has 6 nitrogen and oxygen atoms in total. The van der Waals surface area contributed by atoms with Crippen LogP contribution in [0.2, 0.25) is 0 Å². The molecule has 0 bridgehead atoms. The molecule has 0 radical (unpaired) electrons. The number of fused-ring (bicyclic) bond motifs is 1. The van der Waals surface area contributed by atoms with E-state index in [-0.39, 0.29) is 29.1 Å². The van der Waals surface area contributed by atoms with E-state index in [1.807, 2.05) is 30.3 Å². The fourth-order valence-electron chi connectivity index (χ4n) is 4.66. The molecule has 33 heavy (non-hydrogen) atoms. The number of amides is 1. The molecule has 1 spiro atoms. The predicted octanol–water partition coefficient (Wildman–Crippen LogP) is 4.21. The van der Waals surface area contributed by atoms with Gasteiger partial charge >= 0.3 is 0 Å². The van der Waals surface area contributed by atoms with E-state index in [1.54, 1.807) is 23.0 Å². The molecule has 8 heteroatoms. The fraction of sp³-hybridized carbons (Fsp3) is 0.360. The van der Waals surface area contributed by atoms with E-state index < -0.39 is 0 Å². The first-order chi connectivity index (χ1) is 16.0. The molecule has 0 aliphatic carbocycles. The molecule has 2 aliphatic heterocycles. The van der Waals surface area contributed by atoms with Gasteiger partial charge in [0.1, 0.15) is 17.2 Å². The number of hydrogen-bond acceptors (Lipinski definition) is 5. The minimum atomic E-state index is -0.309. The van der Waals surface area contributed by atoms with Crippen molar-refractivity contribution in [2.45, 2.75) is 36.1 Å². The van der Waals surface area contributed by atoms with E-state index in [0.29, 0.717) is 10.8 Å². The normalized spacial score (nSPS) is 19.6. The van der Waals surface area contributed by atoms with Gasteiger partial charge in [-0.15, -0.1) is 0 Å². The molecule has 1 N–H and O–H groups in total. The van der Waals surface area contributed by atoms with Gasteiger partial charge in [-0.05, 0) is 44.2 Å². The summed E-state index contributed by atoms with van der Waals surface area (Å²) < 4.78 is 21.9. The van der Waals surface area contributed by atoms with Crippen molar-refractivity contribution in [1.29, 1.82) is 0 Å². The number of aromatic nitrogens is 2. The lowest BCUT2D eigenvalue weighted by molar-refractivity contribution is -0.120. The van der Waals surface area contributed by atoms with Crippen molar-refractivity contribution in [2.24, 2.45) is 0 Å². The third-order valence-corrected chi connectivity index (χ3v) is 7.42. The number of carbonyl (C=O) groups is 1. The van der Waals surface area contributed by atoms with Gasteiger partial charge in [-0.2, -0.15) is 0 Å². The number of ether oxygens (including phenoxy) is 1. The SMILES string of the molecule is CN1CCC2(CC1)C[C@H](NC(=O)CSc1nccn1-c1cccc(F)c1)c1ccccc1O2. The molecule has 1 amide bonds. The van der Waals surface area contributed by atoms with Crippen LogP contribution in [0.1, 0.15) is 30.9 Å². The third kappa shape index (κ3) is 4.77. The number of nitrogens with one attached hydrogen (secondary N) is 1. The molecule has 3 heterocycles. The Morgan fingerprint density at radius 1 is 1.24 bits per heavy atom. The van der Waals surface area contributed by atoms with Crippen LogP contribution in [0, 0.1) is 5.82 Å². The summed E-state index contributed by atoms with van der Waals surface area (Å²) in [5, 5.41) is 3.89. The second kappa shape index (κ2) is 9.19. The van der Waals surface area contributed by atoms with Crippen LogP contribution in [0.5, 0.6) is 5.75 Å². The lowest BCUT2D eigenvalue weighted by atomic mass is 9.80. The number of carbonyl (C=O) groups excluding carboxylic acids is 1. The number of para-hydroxylation sites is 1. The van der Waals surface area contributed by atoms with Crippen LogP contribution in [-0.2, 0) is 4.79 Å². The first-order valence-electron chi connectivity index (χ1n) is 11.2. The topological polar surface area (TPSA) is 59.4 Å². The van der Waals surface area contributed by atoms with Gasteiger partial charge in [0.15, 0.2) is 5.16 Å². The van der Waals surface area contributed by atoms with E-state index in [0.717, 1.165) is 43.7 Å². The summed E-state index contributed by atoms with van der Waals surface area (Å²) in [4.78, 5) is 19.6. The number of thioether (sulfide) groups is 1. The first-order valence-corrected chi connectivity index (χ1v) is 12.2. The fourth-order valence-corrected chi connectivity index (χ4v) is 5.45. The van der Waals surface area contributed by atoms with Crippen LogP contribution in [-0.4, -0.2) is 51.8 Å². The molecule has 0 saturated carbocycles. The second-order valence-electron chi connectivity index (χ2n) is 8.80. The Morgan fingerprint density at radius 2 is 2.06 bits per heavy atom. The number of piperidine rings is 1. The molecule has 1 fully saturated rings. The monoisotopic (exact) mass is 466 g/mol. The molecule has 0 unspecified atom stereocenters. The van der Waals surface area contributed by atoms with Crippen molar-refractivity contribution in [3.63, 3.8) is 0 Å². The first kappa shape index (κ1) is 22.0. The van der Waals surface area contributed by atoms with Gasteiger partial charge < -0.3 is 15.0 Å². The van der Waals surface area contributed by atoms with Crippen molar-refractivity contribution in [3.05, 3.63) is 72.3 Å². The van der Waals surface area contributed by atoms with Crippen LogP contribution >= 0.6 is 11.8 Å². The van der Waals surface area contributed by atoms with Crippen LogP contribution in [0.25, 0.3) is 5.69 Å². The summed E-state index contributed by atoms with van der Waals surface area (Å²) in [6.45, 7) is 1.98. The molecule has 1 saturated heterocycles. The number of hydrogen-bond donors (Lipinski definition) is 1. The third-order valence-electron chi connectivity index (χ3n) is 6.46. The average molecular weight is 467 g/mol. The van der Waals surface area contributed by atoms with Crippen molar-refractivity contribution < 1.29 is 13.9 Å². The highest BCUT2D eigenvalue weighted by molar-refractivity contribution is 7.99. The quantitative estimate of drug-likeness (QED) is 0.571. The number of imidazole rings is 1. The van der Waals surface area contributed by atoms with Gasteiger partial charge in [0.25, 0.3) is 0 Å². The Bertz CT molecular complexity index is 1140. The molecule has 2 aromatic carbocycles. The Balaban J connectivity index is 1.28. The van der Waals surface area contributed by atoms with Gasteiger partial charge in [0.05, 0.1) is 17.5 Å². The second-order valence-corrected chi connectivity index (χ2v) is 9.74. The van der Waals surface area contributed by atoms with Gasteiger partial charge in [0.2, 0.25) is 5.91 Å².